The van der Waals surface area contributed by atoms with Crippen molar-refractivity contribution in [1.29, 1.82) is 0 Å². The summed E-state index contributed by atoms with van der Waals surface area (Å²) in [5, 5.41) is 4.65. The lowest BCUT2D eigenvalue weighted by atomic mass is 10.1. The Labute approximate surface area is 269 Å². The van der Waals surface area contributed by atoms with Crippen molar-refractivity contribution < 1.29 is 0 Å². The van der Waals surface area contributed by atoms with E-state index < -0.39 is 0 Å². The van der Waals surface area contributed by atoms with Gasteiger partial charge in [-0.15, -0.1) is 0 Å². The van der Waals surface area contributed by atoms with Crippen LogP contribution < -0.4 is 0 Å². The SMILES string of the molecule is C=C/C=C(\C=C/C)C(/N=C(C)c1ccccc1)=N/C(=C)n1c2ccccc2c2ccc3c4ccccc4n(-c4ccccc4)c3c21. The van der Waals surface area contributed by atoms with Crippen LogP contribution in [0.15, 0.2) is 174 Å². The van der Waals surface area contributed by atoms with E-state index in [2.05, 4.69) is 125 Å². The maximum absolute atomic E-state index is 5.21. The molecule has 0 aliphatic heterocycles. The summed E-state index contributed by atoms with van der Waals surface area (Å²) in [6, 6.07) is 42.3. The van der Waals surface area contributed by atoms with Crippen molar-refractivity contribution in [2.45, 2.75) is 13.8 Å². The second-order valence-corrected chi connectivity index (χ2v) is 11.2. The number of hydrogen-bond donors (Lipinski definition) is 0. The summed E-state index contributed by atoms with van der Waals surface area (Å²) < 4.78 is 4.56. The minimum Gasteiger partial charge on any atom is -0.307 e. The molecule has 4 heteroatoms. The number of aliphatic imine (C=N–C) groups is 2. The molecular formula is C42H34N4. The molecule has 2 heterocycles. The van der Waals surface area contributed by atoms with Crippen molar-refractivity contribution in [3.8, 4) is 5.69 Å². The first-order chi connectivity index (χ1) is 22.6. The molecule has 0 fully saturated rings. The van der Waals surface area contributed by atoms with Gasteiger partial charge in [0.25, 0.3) is 0 Å². The molecule has 0 amide bonds. The second kappa shape index (κ2) is 12.2. The number of aromatic nitrogens is 2. The fourth-order valence-electron chi connectivity index (χ4n) is 6.35. The smallest absolute Gasteiger partial charge is 0.161 e. The summed E-state index contributed by atoms with van der Waals surface area (Å²) in [4.78, 5) is 10.3. The summed E-state index contributed by atoms with van der Waals surface area (Å²) in [6.45, 7) is 12.6. The monoisotopic (exact) mass is 594 g/mol. The lowest BCUT2D eigenvalue weighted by Gasteiger charge is -2.13. The van der Waals surface area contributed by atoms with Gasteiger partial charge in [-0.1, -0.05) is 135 Å². The predicted molar refractivity (Wildman–Crippen MR) is 198 cm³/mol. The lowest BCUT2D eigenvalue weighted by Crippen LogP contribution is -2.06. The molecule has 0 radical (unpaired) electrons. The molecule has 5 aromatic carbocycles. The van der Waals surface area contributed by atoms with E-state index in [0.717, 1.165) is 55.4 Å². The molecule has 7 aromatic rings. The van der Waals surface area contributed by atoms with E-state index in [1.807, 2.05) is 50.3 Å². The van der Waals surface area contributed by atoms with Gasteiger partial charge in [-0.25, -0.2) is 9.98 Å². The highest BCUT2D eigenvalue weighted by atomic mass is 15.1. The zero-order chi connectivity index (χ0) is 31.6. The van der Waals surface area contributed by atoms with Gasteiger partial charge in [0.05, 0.1) is 22.1 Å². The standard InChI is InChI=1S/C42H34N4/c1-5-17-32(18-6-2)42(43-29(3)31-19-9-7-10-20-31)44-30(4)45-38-25-15-13-23-34(38)36-27-28-37-35-24-14-16-26-39(35)46(41(37)40(36)45)33-21-11-8-12-22-33/h5-28H,1,4H2,2-3H3/b18-6-,32-17+,43-29?,44-42-. The first-order valence-electron chi connectivity index (χ1n) is 15.5. The van der Waals surface area contributed by atoms with Crippen LogP contribution in [0.4, 0.5) is 0 Å². The Morgan fingerprint density at radius 2 is 1.24 bits per heavy atom. The molecule has 0 N–H and O–H groups in total. The van der Waals surface area contributed by atoms with Crippen molar-refractivity contribution >= 4 is 61.0 Å². The van der Waals surface area contributed by atoms with E-state index in [1.165, 1.54) is 10.8 Å². The van der Waals surface area contributed by atoms with E-state index in [-0.39, 0.29) is 0 Å². The molecule has 0 saturated heterocycles. The number of rotatable bonds is 7. The molecule has 0 aliphatic rings. The Hall–Kier alpha value is -6.00. The van der Waals surface area contributed by atoms with E-state index in [1.54, 1.807) is 6.08 Å². The Morgan fingerprint density at radius 3 is 1.91 bits per heavy atom. The average Bonchev–Trinajstić information content (AvgIpc) is 3.62. The quantitative estimate of drug-likeness (QED) is 0.1000. The fourth-order valence-corrected chi connectivity index (χ4v) is 6.35. The van der Waals surface area contributed by atoms with Gasteiger partial charge in [0.15, 0.2) is 5.84 Å². The van der Waals surface area contributed by atoms with Gasteiger partial charge in [0.1, 0.15) is 5.82 Å². The third-order valence-corrected chi connectivity index (χ3v) is 8.34. The molecule has 46 heavy (non-hydrogen) atoms. The van der Waals surface area contributed by atoms with Gasteiger partial charge >= 0.3 is 0 Å². The number of fused-ring (bicyclic) bond motifs is 7. The van der Waals surface area contributed by atoms with Crippen molar-refractivity contribution in [1.82, 2.24) is 9.13 Å². The number of nitrogens with zero attached hydrogens (tertiary/aromatic N) is 4. The third-order valence-electron chi connectivity index (χ3n) is 8.34. The van der Waals surface area contributed by atoms with Crippen LogP contribution in [0.2, 0.25) is 0 Å². The Bertz CT molecular complexity index is 2390. The molecule has 7 rings (SSSR count). The number of para-hydroxylation sites is 3. The third kappa shape index (κ3) is 4.90. The molecule has 0 bridgehead atoms. The van der Waals surface area contributed by atoms with Crippen LogP contribution in [0, 0.1) is 0 Å². The van der Waals surface area contributed by atoms with Crippen LogP contribution in [0.3, 0.4) is 0 Å². The molecule has 0 unspecified atom stereocenters. The van der Waals surface area contributed by atoms with Crippen molar-refractivity contribution in [3.63, 3.8) is 0 Å². The summed E-state index contributed by atoms with van der Waals surface area (Å²) in [5.41, 5.74) is 8.18. The van der Waals surface area contributed by atoms with Crippen LogP contribution in [-0.4, -0.2) is 20.7 Å². The van der Waals surface area contributed by atoms with Crippen LogP contribution >= 0.6 is 0 Å². The van der Waals surface area contributed by atoms with Gasteiger partial charge in [-0.05, 0) is 43.7 Å². The Balaban J connectivity index is 1.58. The molecular weight excluding hydrogens is 560 g/mol. The second-order valence-electron chi connectivity index (χ2n) is 11.2. The first-order valence-corrected chi connectivity index (χ1v) is 15.5. The highest BCUT2D eigenvalue weighted by Crippen LogP contribution is 2.41. The average molecular weight is 595 g/mol. The number of hydrogen-bond acceptors (Lipinski definition) is 1. The lowest BCUT2D eigenvalue weighted by molar-refractivity contribution is 1.15. The van der Waals surface area contributed by atoms with E-state index >= 15 is 0 Å². The van der Waals surface area contributed by atoms with Crippen LogP contribution in [0.5, 0.6) is 0 Å². The largest absolute Gasteiger partial charge is 0.307 e. The van der Waals surface area contributed by atoms with E-state index in [4.69, 9.17) is 9.98 Å². The van der Waals surface area contributed by atoms with Gasteiger partial charge in [0.2, 0.25) is 0 Å². The molecule has 0 aliphatic carbocycles. The molecule has 4 nitrogen and oxygen atoms in total. The first kappa shape index (κ1) is 28.8. The summed E-state index contributed by atoms with van der Waals surface area (Å²) in [5.74, 6) is 1.13. The van der Waals surface area contributed by atoms with Crippen LogP contribution in [-0.2, 0) is 0 Å². The number of amidine groups is 1. The summed E-state index contributed by atoms with van der Waals surface area (Å²) in [7, 11) is 0. The fraction of sp³-hybridized carbons (Fsp3) is 0.0476. The topological polar surface area (TPSA) is 34.6 Å². The van der Waals surface area contributed by atoms with Crippen LogP contribution in [0.25, 0.3) is 55.1 Å². The molecule has 222 valence electrons. The molecule has 0 spiro atoms. The Morgan fingerprint density at radius 1 is 0.652 bits per heavy atom. The summed E-state index contributed by atoms with van der Waals surface area (Å²) >= 11 is 0. The van der Waals surface area contributed by atoms with Gasteiger partial charge < -0.3 is 4.57 Å². The zero-order valence-electron chi connectivity index (χ0n) is 26.1. The highest BCUT2D eigenvalue weighted by Gasteiger charge is 2.21. The van der Waals surface area contributed by atoms with Crippen molar-refractivity contribution in [3.05, 3.63) is 170 Å². The zero-order valence-corrected chi connectivity index (χ0v) is 26.1. The van der Waals surface area contributed by atoms with Crippen LogP contribution in [0.1, 0.15) is 19.4 Å². The normalized spacial score (nSPS) is 13.0. The number of allylic oxidation sites excluding steroid dienone is 3. The van der Waals surface area contributed by atoms with Gasteiger partial charge in [-0.3, -0.25) is 4.57 Å². The maximum atomic E-state index is 5.21. The summed E-state index contributed by atoms with van der Waals surface area (Å²) in [6.07, 6.45) is 7.70. The van der Waals surface area contributed by atoms with Gasteiger partial charge in [0, 0.05) is 38.5 Å². The highest BCUT2D eigenvalue weighted by molar-refractivity contribution is 6.24. The number of benzene rings is 5. The molecule has 2 aromatic heterocycles. The van der Waals surface area contributed by atoms with Gasteiger partial charge in [-0.2, -0.15) is 0 Å². The maximum Gasteiger partial charge on any atom is 0.161 e. The van der Waals surface area contributed by atoms with Crippen molar-refractivity contribution in [2.75, 3.05) is 0 Å². The van der Waals surface area contributed by atoms with Crippen molar-refractivity contribution in [2.24, 2.45) is 9.98 Å². The minimum atomic E-state index is 0.561. The molecule has 0 atom stereocenters. The predicted octanol–water partition coefficient (Wildman–Crippen LogP) is 10.9. The van der Waals surface area contributed by atoms with E-state index in [9.17, 15) is 0 Å². The molecule has 0 saturated carbocycles. The van der Waals surface area contributed by atoms with E-state index in [0.29, 0.717) is 11.7 Å². The minimum absolute atomic E-state index is 0.561. The Kier molecular flexibility index (Phi) is 7.61.